The summed E-state index contributed by atoms with van der Waals surface area (Å²) in [6.07, 6.45) is 1.91. The molecule has 0 aliphatic rings. The van der Waals surface area contributed by atoms with Gasteiger partial charge in [0.2, 0.25) is 0 Å². The summed E-state index contributed by atoms with van der Waals surface area (Å²) >= 11 is 4.89. The Morgan fingerprint density at radius 3 is 2.89 bits per heavy atom. The predicted octanol–water partition coefficient (Wildman–Crippen LogP) is 2.69. The molecule has 3 N–H and O–H groups in total. The minimum Gasteiger partial charge on any atom is -0.389 e. The van der Waals surface area contributed by atoms with Gasteiger partial charge in [-0.1, -0.05) is 19.1 Å². The molecule has 0 spiro atoms. The van der Waals surface area contributed by atoms with E-state index in [9.17, 15) is 4.39 Å². The largest absolute Gasteiger partial charge is 0.389 e. The fourth-order valence-electron chi connectivity index (χ4n) is 1.52. The smallest absolute Gasteiger partial charge is 0.124 e. The molecule has 0 saturated heterocycles. The molecule has 18 heavy (non-hydrogen) atoms. The van der Waals surface area contributed by atoms with Gasteiger partial charge in [-0.15, -0.1) is 0 Å². The summed E-state index contributed by atoms with van der Waals surface area (Å²) in [5.74, 6) is -0.338. The number of benzene rings is 1. The highest BCUT2D eigenvalue weighted by atomic mass is 32.1. The zero-order chi connectivity index (χ0) is 13.4. The average Bonchev–Trinajstić information content (AvgIpc) is 2.35. The van der Waals surface area contributed by atoms with Crippen molar-refractivity contribution < 1.29 is 9.13 Å². The molecule has 0 amide bonds. The lowest BCUT2D eigenvalue weighted by Gasteiger charge is -2.11. The van der Waals surface area contributed by atoms with Gasteiger partial charge < -0.3 is 15.8 Å². The maximum atomic E-state index is 13.1. The van der Waals surface area contributed by atoms with Crippen molar-refractivity contribution in [2.24, 2.45) is 5.73 Å². The Hall–Kier alpha value is -1.20. The standard InChI is InChI=1S/C13H19FN2OS/c1-2-7-17-8-3-6-16-12-5-4-10(14)9-11(12)13(15)18/h4-5,9,16H,2-3,6-8H2,1H3,(H2,15,18). The first kappa shape index (κ1) is 14.9. The Labute approximate surface area is 113 Å². The quantitative estimate of drug-likeness (QED) is 0.563. The Kier molecular flexibility index (Phi) is 6.60. The number of rotatable bonds is 8. The molecule has 0 bridgehead atoms. The summed E-state index contributed by atoms with van der Waals surface area (Å²) in [5, 5.41) is 3.18. The molecule has 0 aromatic heterocycles. The van der Waals surface area contributed by atoms with E-state index in [0.29, 0.717) is 12.2 Å². The molecular weight excluding hydrogens is 251 g/mol. The first-order valence-corrected chi connectivity index (χ1v) is 6.47. The molecule has 0 heterocycles. The highest BCUT2D eigenvalue weighted by Crippen LogP contribution is 2.16. The van der Waals surface area contributed by atoms with Crippen molar-refractivity contribution in [3.63, 3.8) is 0 Å². The second-order valence-electron chi connectivity index (χ2n) is 3.95. The van der Waals surface area contributed by atoms with E-state index in [1.165, 1.54) is 12.1 Å². The fourth-order valence-corrected chi connectivity index (χ4v) is 1.69. The highest BCUT2D eigenvalue weighted by Gasteiger charge is 2.06. The second-order valence-corrected chi connectivity index (χ2v) is 4.39. The van der Waals surface area contributed by atoms with Crippen LogP contribution in [0.2, 0.25) is 0 Å². The number of nitrogens with one attached hydrogen (secondary N) is 1. The van der Waals surface area contributed by atoms with Crippen molar-refractivity contribution in [1.82, 2.24) is 0 Å². The number of hydrogen-bond donors (Lipinski definition) is 2. The van der Waals surface area contributed by atoms with Gasteiger partial charge in [0, 0.05) is 31.0 Å². The van der Waals surface area contributed by atoms with Gasteiger partial charge in [-0.25, -0.2) is 4.39 Å². The Bertz CT molecular complexity index is 399. The molecule has 1 aromatic rings. The van der Waals surface area contributed by atoms with E-state index >= 15 is 0 Å². The van der Waals surface area contributed by atoms with Gasteiger partial charge >= 0.3 is 0 Å². The highest BCUT2D eigenvalue weighted by molar-refractivity contribution is 7.80. The molecule has 1 aromatic carbocycles. The number of thiocarbonyl (C=S) groups is 1. The van der Waals surface area contributed by atoms with Gasteiger partial charge in [0.15, 0.2) is 0 Å². The van der Waals surface area contributed by atoms with Gasteiger partial charge in [-0.3, -0.25) is 0 Å². The molecule has 1 rings (SSSR count). The van der Waals surface area contributed by atoms with Crippen molar-refractivity contribution in [1.29, 1.82) is 0 Å². The number of ether oxygens (including phenoxy) is 1. The van der Waals surface area contributed by atoms with Crippen molar-refractivity contribution in [2.75, 3.05) is 25.1 Å². The van der Waals surface area contributed by atoms with Crippen LogP contribution in [-0.4, -0.2) is 24.7 Å². The molecule has 0 saturated carbocycles. The van der Waals surface area contributed by atoms with Crippen LogP contribution in [0.25, 0.3) is 0 Å². The number of anilines is 1. The van der Waals surface area contributed by atoms with Crippen LogP contribution in [0.5, 0.6) is 0 Å². The SMILES string of the molecule is CCCOCCCNc1ccc(F)cc1C(N)=S. The number of nitrogens with two attached hydrogens (primary N) is 1. The molecule has 3 nitrogen and oxygen atoms in total. The summed E-state index contributed by atoms with van der Waals surface area (Å²) in [5.41, 5.74) is 6.86. The zero-order valence-electron chi connectivity index (χ0n) is 10.5. The Morgan fingerprint density at radius 2 is 2.22 bits per heavy atom. The first-order valence-electron chi connectivity index (χ1n) is 6.06. The van der Waals surface area contributed by atoms with Crippen LogP contribution in [0.3, 0.4) is 0 Å². The molecule has 0 aliphatic heterocycles. The summed E-state index contributed by atoms with van der Waals surface area (Å²) in [6.45, 7) is 4.31. The summed E-state index contributed by atoms with van der Waals surface area (Å²) in [6, 6.07) is 4.38. The van der Waals surface area contributed by atoms with E-state index in [2.05, 4.69) is 12.2 Å². The van der Waals surface area contributed by atoms with E-state index < -0.39 is 0 Å². The lowest BCUT2D eigenvalue weighted by molar-refractivity contribution is 0.134. The molecule has 0 aliphatic carbocycles. The van der Waals surface area contributed by atoms with Gasteiger partial charge in [0.05, 0.1) is 0 Å². The van der Waals surface area contributed by atoms with Crippen LogP contribution in [-0.2, 0) is 4.74 Å². The van der Waals surface area contributed by atoms with E-state index in [-0.39, 0.29) is 10.8 Å². The lowest BCUT2D eigenvalue weighted by Crippen LogP contribution is -2.15. The van der Waals surface area contributed by atoms with Crippen LogP contribution < -0.4 is 11.1 Å². The van der Waals surface area contributed by atoms with Crippen molar-refractivity contribution in [3.05, 3.63) is 29.6 Å². The van der Waals surface area contributed by atoms with Crippen LogP contribution in [0.4, 0.5) is 10.1 Å². The van der Waals surface area contributed by atoms with Crippen LogP contribution in [0.1, 0.15) is 25.3 Å². The van der Waals surface area contributed by atoms with Crippen molar-refractivity contribution in [3.8, 4) is 0 Å². The van der Waals surface area contributed by atoms with E-state index in [4.69, 9.17) is 22.7 Å². The zero-order valence-corrected chi connectivity index (χ0v) is 11.4. The van der Waals surface area contributed by atoms with Gasteiger partial charge in [0.1, 0.15) is 10.8 Å². The summed E-state index contributed by atoms with van der Waals surface area (Å²) < 4.78 is 18.4. The number of hydrogen-bond acceptors (Lipinski definition) is 3. The Morgan fingerprint density at radius 1 is 1.44 bits per heavy atom. The molecule has 5 heteroatoms. The number of halogens is 1. The van der Waals surface area contributed by atoms with Gasteiger partial charge in [0.25, 0.3) is 0 Å². The predicted molar refractivity (Wildman–Crippen MR) is 76.5 cm³/mol. The minimum atomic E-state index is -0.338. The minimum absolute atomic E-state index is 0.194. The fraction of sp³-hybridized carbons (Fsp3) is 0.462. The third kappa shape index (κ3) is 4.98. The molecule has 0 atom stereocenters. The maximum absolute atomic E-state index is 13.1. The topological polar surface area (TPSA) is 47.3 Å². The lowest BCUT2D eigenvalue weighted by atomic mass is 10.1. The first-order chi connectivity index (χ1) is 8.65. The molecular formula is C13H19FN2OS. The van der Waals surface area contributed by atoms with Crippen LogP contribution in [0.15, 0.2) is 18.2 Å². The summed E-state index contributed by atoms with van der Waals surface area (Å²) in [4.78, 5) is 0.194. The third-order valence-electron chi connectivity index (χ3n) is 2.38. The van der Waals surface area contributed by atoms with Gasteiger partial charge in [-0.05, 0) is 31.0 Å². The van der Waals surface area contributed by atoms with Crippen molar-refractivity contribution in [2.45, 2.75) is 19.8 Å². The summed E-state index contributed by atoms with van der Waals surface area (Å²) in [7, 11) is 0. The third-order valence-corrected chi connectivity index (χ3v) is 2.60. The van der Waals surface area contributed by atoms with E-state index in [0.717, 1.165) is 31.7 Å². The monoisotopic (exact) mass is 270 g/mol. The molecule has 0 fully saturated rings. The Balaban J connectivity index is 2.44. The normalized spacial score (nSPS) is 10.3. The maximum Gasteiger partial charge on any atom is 0.124 e. The molecule has 0 unspecified atom stereocenters. The van der Waals surface area contributed by atoms with Gasteiger partial charge in [-0.2, -0.15) is 0 Å². The van der Waals surface area contributed by atoms with E-state index in [1.54, 1.807) is 6.07 Å². The van der Waals surface area contributed by atoms with Crippen LogP contribution in [0, 0.1) is 5.82 Å². The molecule has 0 radical (unpaired) electrons. The average molecular weight is 270 g/mol. The van der Waals surface area contributed by atoms with E-state index in [1.807, 2.05) is 0 Å². The van der Waals surface area contributed by atoms with Crippen LogP contribution >= 0.6 is 12.2 Å². The molecule has 100 valence electrons. The van der Waals surface area contributed by atoms with Crippen molar-refractivity contribution >= 4 is 22.9 Å². The second kappa shape index (κ2) is 8.00.